The van der Waals surface area contributed by atoms with Crippen LogP contribution in [0.5, 0.6) is 17.2 Å². The van der Waals surface area contributed by atoms with Gasteiger partial charge in [0.2, 0.25) is 6.29 Å². The van der Waals surface area contributed by atoms with Gasteiger partial charge in [0.25, 0.3) is 0 Å². The minimum atomic E-state index is -1.99. The van der Waals surface area contributed by atoms with Crippen molar-refractivity contribution in [2.75, 3.05) is 19.8 Å². The highest BCUT2D eigenvalue weighted by atomic mass is 16.7. The number of phenols is 2. The minimum absolute atomic E-state index is 0.0185. The van der Waals surface area contributed by atoms with Crippen LogP contribution in [0.2, 0.25) is 0 Å². The Labute approximate surface area is 220 Å². The lowest BCUT2D eigenvalue weighted by atomic mass is 9.80. The first-order valence-corrected chi connectivity index (χ1v) is 12.1. The fraction of sp³-hybridized carbons (Fsp3) is 0.423. The average Bonchev–Trinajstić information content (AvgIpc) is 3.20. The molecule has 3 unspecified atom stereocenters. The molecule has 2 aliphatic rings. The molecule has 0 aliphatic carbocycles. The average molecular weight is 548 g/mol. The Morgan fingerprint density at radius 3 is 2.36 bits per heavy atom. The van der Waals surface area contributed by atoms with Gasteiger partial charge in [-0.3, -0.25) is 4.79 Å². The lowest BCUT2D eigenvalue weighted by molar-refractivity contribution is -0.280. The number of aromatic hydroxyl groups is 2. The Morgan fingerprint density at radius 1 is 1.00 bits per heavy atom. The molecule has 13 heteroatoms. The summed E-state index contributed by atoms with van der Waals surface area (Å²) in [5.74, 6) is -1.64. The highest BCUT2D eigenvalue weighted by Gasteiger charge is 2.57. The standard InChI is InChI=1S/C26H28O13/c27-8-18-20(23-24(34)26(35,9-28)10-36-23)21(32)22(33)25(39-18)37-13-5-14(30)19-15(31)7-16(38-17(19)6-13)11-1-3-12(29)4-2-11/h1-7,18,20-25,27-30,32-35H,8-10H2/t18?,20-,21-,22?,23+,24?,25+,26+/m1/s1. The van der Waals surface area contributed by atoms with Crippen LogP contribution in [0, 0.1) is 5.92 Å². The summed E-state index contributed by atoms with van der Waals surface area (Å²) >= 11 is 0. The monoisotopic (exact) mass is 548 g/mol. The van der Waals surface area contributed by atoms with Crippen molar-refractivity contribution in [3.05, 3.63) is 52.7 Å². The molecule has 0 amide bonds. The fourth-order valence-electron chi connectivity index (χ4n) is 5.02. The molecule has 2 aromatic carbocycles. The number of fused-ring (bicyclic) bond motifs is 1. The highest BCUT2D eigenvalue weighted by molar-refractivity contribution is 5.86. The molecule has 3 aromatic rings. The molecule has 5 rings (SSSR count). The molecule has 2 aliphatic heterocycles. The third-order valence-corrected chi connectivity index (χ3v) is 7.17. The van der Waals surface area contributed by atoms with E-state index in [1.165, 1.54) is 36.4 Å². The third kappa shape index (κ3) is 4.83. The van der Waals surface area contributed by atoms with E-state index in [1.54, 1.807) is 0 Å². The predicted octanol–water partition coefficient (Wildman–Crippen LogP) is -1.21. The minimum Gasteiger partial charge on any atom is -0.508 e. The molecule has 8 N–H and O–H groups in total. The van der Waals surface area contributed by atoms with E-state index in [4.69, 9.17) is 18.6 Å². The second-order valence-corrected chi connectivity index (χ2v) is 9.72. The van der Waals surface area contributed by atoms with E-state index >= 15 is 0 Å². The SMILES string of the molecule is O=c1cc(-c2ccc(O)cc2)oc2cc(O[C@H]3OC(CO)[C@@H]([C@@H]4OC[C@@](O)(CO)C4O)[C@@H](O)C3O)cc(O)c12. The van der Waals surface area contributed by atoms with Gasteiger partial charge >= 0.3 is 0 Å². The van der Waals surface area contributed by atoms with Gasteiger partial charge in [-0.25, -0.2) is 0 Å². The Hall–Kier alpha value is -3.27. The molecule has 13 nitrogen and oxygen atoms in total. The van der Waals surface area contributed by atoms with Crippen LogP contribution in [0.1, 0.15) is 0 Å². The lowest BCUT2D eigenvalue weighted by Crippen LogP contribution is -2.62. The second-order valence-electron chi connectivity index (χ2n) is 9.72. The van der Waals surface area contributed by atoms with E-state index in [1.807, 2.05) is 0 Å². The predicted molar refractivity (Wildman–Crippen MR) is 131 cm³/mol. The van der Waals surface area contributed by atoms with Gasteiger partial charge in [0.1, 0.15) is 51.8 Å². The van der Waals surface area contributed by atoms with Gasteiger partial charge in [-0.15, -0.1) is 0 Å². The number of aliphatic hydroxyl groups is 6. The highest BCUT2D eigenvalue weighted by Crippen LogP contribution is 2.39. The van der Waals surface area contributed by atoms with Gasteiger partial charge < -0.3 is 59.5 Å². The van der Waals surface area contributed by atoms with Crippen molar-refractivity contribution in [3.63, 3.8) is 0 Å². The zero-order chi connectivity index (χ0) is 28.1. The van der Waals surface area contributed by atoms with Crippen molar-refractivity contribution in [1.82, 2.24) is 0 Å². The van der Waals surface area contributed by atoms with Crippen molar-refractivity contribution < 1.29 is 59.5 Å². The quantitative estimate of drug-likeness (QED) is 0.181. The summed E-state index contributed by atoms with van der Waals surface area (Å²) < 4.78 is 22.5. The number of hydrogen-bond acceptors (Lipinski definition) is 13. The zero-order valence-corrected chi connectivity index (χ0v) is 20.3. The fourth-order valence-corrected chi connectivity index (χ4v) is 5.02. The van der Waals surface area contributed by atoms with Crippen LogP contribution in [0.4, 0.5) is 0 Å². The van der Waals surface area contributed by atoms with E-state index < -0.39 is 79.3 Å². The number of phenolic OH excluding ortho intramolecular Hbond substituents is 2. The number of rotatable bonds is 6. The van der Waals surface area contributed by atoms with Crippen LogP contribution < -0.4 is 10.2 Å². The van der Waals surface area contributed by atoms with Crippen LogP contribution in [-0.2, 0) is 9.47 Å². The Bertz CT molecular complexity index is 1390. The molecular formula is C26H28O13. The summed E-state index contributed by atoms with van der Waals surface area (Å²) in [4.78, 5) is 12.7. The van der Waals surface area contributed by atoms with Crippen molar-refractivity contribution in [2.45, 2.75) is 42.4 Å². The Kier molecular flexibility index (Phi) is 7.26. The van der Waals surface area contributed by atoms with Crippen molar-refractivity contribution >= 4 is 11.0 Å². The van der Waals surface area contributed by atoms with E-state index in [-0.39, 0.29) is 28.2 Å². The van der Waals surface area contributed by atoms with Gasteiger partial charge in [0, 0.05) is 29.7 Å². The molecule has 0 saturated carbocycles. The van der Waals surface area contributed by atoms with E-state index in [9.17, 15) is 45.6 Å². The molecule has 39 heavy (non-hydrogen) atoms. The van der Waals surface area contributed by atoms with Gasteiger partial charge in [0.15, 0.2) is 5.43 Å². The van der Waals surface area contributed by atoms with Crippen molar-refractivity contribution in [3.8, 4) is 28.6 Å². The summed E-state index contributed by atoms with van der Waals surface area (Å²) in [6.45, 7) is -1.95. The molecular weight excluding hydrogens is 520 g/mol. The summed E-state index contributed by atoms with van der Waals surface area (Å²) in [7, 11) is 0. The van der Waals surface area contributed by atoms with Gasteiger partial charge in [-0.2, -0.15) is 0 Å². The molecule has 0 radical (unpaired) electrons. The smallest absolute Gasteiger partial charge is 0.229 e. The van der Waals surface area contributed by atoms with Crippen LogP contribution in [0.15, 0.2) is 51.7 Å². The number of aliphatic hydroxyl groups excluding tert-OH is 5. The Morgan fingerprint density at radius 2 is 1.72 bits per heavy atom. The van der Waals surface area contributed by atoms with E-state index in [2.05, 4.69) is 0 Å². The van der Waals surface area contributed by atoms with Gasteiger partial charge in [-0.1, -0.05) is 0 Å². The summed E-state index contributed by atoms with van der Waals surface area (Å²) in [5.41, 5.74) is -2.12. The molecule has 8 atom stereocenters. The maximum absolute atomic E-state index is 12.7. The number of hydrogen-bond donors (Lipinski definition) is 8. The molecule has 210 valence electrons. The largest absolute Gasteiger partial charge is 0.508 e. The molecule has 0 spiro atoms. The summed E-state index contributed by atoms with van der Waals surface area (Å²) in [5, 5.41) is 81.6. The molecule has 2 saturated heterocycles. The summed E-state index contributed by atoms with van der Waals surface area (Å²) in [6, 6.07) is 9.43. The topological polar surface area (TPSA) is 220 Å². The maximum Gasteiger partial charge on any atom is 0.229 e. The first kappa shape index (κ1) is 27.3. The zero-order valence-electron chi connectivity index (χ0n) is 20.3. The lowest BCUT2D eigenvalue weighted by Gasteiger charge is -2.44. The molecule has 2 fully saturated rings. The first-order valence-electron chi connectivity index (χ1n) is 12.1. The number of ether oxygens (including phenoxy) is 3. The van der Waals surface area contributed by atoms with Crippen LogP contribution in [0.3, 0.4) is 0 Å². The van der Waals surface area contributed by atoms with Gasteiger partial charge in [-0.05, 0) is 24.3 Å². The van der Waals surface area contributed by atoms with E-state index in [0.717, 1.165) is 6.07 Å². The van der Waals surface area contributed by atoms with Crippen LogP contribution in [-0.4, -0.2) is 103 Å². The number of benzene rings is 2. The molecule has 3 heterocycles. The van der Waals surface area contributed by atoms with Crippen molar-refractivity contribution in [2.24, 2.45) is 5.92 Å². The normalized spacial score (nSPS) is 32.9. The summed E-state index contributed by atoms with van der Waals surface area (Å²) in [6.07, 6.45) is -9.16. The third-order valence-electron chi connectivity index (χ3n) is 7.17. The first-order chi connectivity index (χ1) is 18.6. The van der Waals surface area contributed by atoms with Crippen molar-refractivity contribution in [1.29, 1.82) is 0 Å². The molecule has 1 aromatic heterocycles. The maximum atomic E-state index is 12.7. The second kappa shape index (κ2) is 10.4. The van der Waals surface area contributed by atoms with E-state index in [0.29, 0.717) is 5.56 Å². The Balaban J connectivity index is 1.42. The van der Waals surface area contributed by atoms with Gasteiger partial charge in [0.05, 0.1) is 38.1 Å². The van der Waals surface area contributed by atoms with Crippen LogP contribution >= 0.6 is 0 Å². The molecule has 0 bridgehead atoms. The van der Waals surface area contributed by atoms with Crippen LogP contribution in [0.25, 0.3) is 22.3 Å².